The fourth-order valence-electron chi connectivity index (χ4n) is 2.20. The molecule has 2 N–H and O–H groups in total. The van der Waals surface area contributed by atoms with Crippen LogP contribution < -0.4 is 10.6 Å². The molecule has 1 aliphatic carbocycles. The second-order valence-electron chi connectivity index (χ2n) is 4.78. The molecule has 5 heteroatoms. The van der Waals surface area contributed by atoms with Crippen molar-refractivity contribution >= 4 is 11.7 Å². The molecule has 0 bridgehead atoms. The van der Waals surface area contributed by atoms with E-state index in [1.54, 1.807) is 12.1 Å². The summed E-state index contributed by atoms with van der Waals surface area (Å²) in [7, 11) is 0. The smallest absolute Gasteiger partial charge is 0.272 e. The molecule has 2 rings (SSSR count). The first-order chi connectivity index (χ1) is 8.69. The van der Waals surface area contributed by atoms with E-state index in [-0.39, 0.29) is 11.4 Å². The predicted molar refractivity (Wildman–Crippen MR) is 70.5 cm³/mol. The molecule has 0 radical (unpaired) electrons. The van der Waals surface area contributed by atoms with Crippen LogP contribution in [-0.4, -0.2) is 28.2 Å². The van der Waals surface area contributed by atoms with Gasteiger partial charge in [0.15, 0.2) is 5.69 Å². The number of nitrogens with one attached hydrogen (secondary N) is 2. The van der Waals surface area contributed by atoms with E-state index in [0.717, 1.165) is 25.8 Å². The number of aromatic nitrogens is 2. The van der Waals surface area contributed by atoms with Crippen LogP contribution in [0.2, 0.25) is 0 Å². The van der Waals surface area contributed by atoms with Gasteiger partial charge < -0.3 is 10.6 Å². The van der Waals surface area contributed by atoms with Gasteiger partial charge in [0.1, 0.15) is 5.82 Å². The summed E-state index contributed by atoms with van der Waals surface area (Å²) in [4.78, 5) is 12.0. The first kappa shape index (κ1) is 12.8. The Hall–Kier alpha value is -1.65. The van der Waals surface area contributed by atoms with Crippen molar-refractivity contribution in [3.8, 4) is 0 Å². The lowest BCUT2D eigenvalue weighted by molar-refractivity contribution is 0.0814. The molecule has 0 spiro atoms. The number of amides is 1. The number of hydrogen-bond donors (Lipinski definition) is 2. The number of rotatable bonds is 5. The first-order valence-corrected chi connectivity index (χ1v) is 6.59. The molecule has 98 valence electrons. The van der Waals surface area contributed by atoms with Crippen LogP contribution in [0, 0.1) is 0 Å². The second-order valence-corrected chi connectivity index (χ2v) is 4.78. The summed E-state index contributed by atoms with van der Waals surface area (Å²) in [6.07, 6.45) is 4.30. The highest BCUT2D eigenvalue weighted by Crippen LogP contribution is 2.34. The fourth-order valence-corrected chi connectivity index (χ4v) is 2.20. The Labute approximate surface area is 107 Å². The lowest BCUT2D eigenvalue weighted by Crippen LogP contribution is -2.53. The van der Waals surface area contributed by atoms with Crippen LogP contribution in [0.3, 0.4) is 0 Å². The second kappa shape index (κ2) is 5.33. The molecule has 5 nitrogen and oxygen atoms in total. The van der Waals surface area contributed by atoms with Gasteiger partial charge in [0.2, 0.25) is 0 Å². The Morgan fingerprint density at radius 3 is 2.56 bits per heavy atom. The van der Waals surface area contributed by atoms with Gasteiger partial charge >= 0.3 is 0 Å². The average Bonchev–Trinajstić information content (AvgIpc) is 2.35. The summed E-state index contributed by atoms with van der Waals surface area (Å²) in [5.41, 5.74) is 0.385. The molecule has 0 aliphatic heterocycles. The fraction of sp³-hybridized carbons (Fsp3) is 0.615. The summed E-state index contributed by atoms with van der Waals surface area (Å²) in [6.45, 7) is 4.89. The third-order valence-corrected chi connectivity index (χ3v) is 3.62. The molecule has 0 aromatic carbocycles. The van der Waals surface area contributed by atoms with Gasteiger partial charge in [0, 0.05) is 12.1 Å². The summed E-state index contributed by atoms with van der Waals surface area (Å²) in [5, 5.41) is 14.1. The van der Waals surface area contributed by atoms with Crippen molar-refractivity contribution < 1.29 is 4.79 Å². The number of carbonyl (C=O) groups excluding carboxylic acids is 1. The van der Waals surface area contributed by atoms with E-state index in [4.69, 9.17) is 0 Å². The summed E-state index contributed by atoms with van der Waals surface area (Å²) in [6, 6.07) is 3.49. The van der Waals surface area contributed by atoms with Crippen molar-refractivity contribution in [2.45, 2.75) is 45.1 Å². The summed E-state index contributed by atoms with van der Waals surface area (Å²) in [5.74, 6) is 0.579. The maximum Gasteiger partial charge on any atom is 0.272 e. The number of nitrogens with zero attached hydrogens (tertiary/aromatic N) is 2. The van der Waals surface area contributed by atoms with E-state index < -0.39 is 0 Å². The molecule has 1 aromatic heterocycles. The first-order valence-electron chi connectivity index (χ1n) is 6.59. The molecule has 1 aliphatic rings. The minimum Gasteiger partial charge on any atom is -0.369 e. The molecule has 1 amide bonds. The Balaban J connectivity index is 2.00. The summed E-state index contributed by atoms with van der Waals surface area (Å²) < 4.78 is 0. The Kier molecular flexibility index (Phi) is 3.79. The van der Waals surface area contributed by atoms with Crippen LogP contribution in [0.1, 0.15) is 50.0 Å². The van der Waals surface area contributed by atoms with Crippen molar-refractivity contribution in [2.75, 3.05) is 11.9 Å². The highest BCUT2D eigenvalue weighted by Gasteiger charge is 2.36. The molecule has 1 fully saturated rings. The quantitative estimate of drug-likeness (QED) is 0.836. The molecule has 18 heavy (non-hydrogen) atoms. The van der Waals surface area contributed by atoms with Crippen molar-refractivity contribution in [1.82, 2.24) is 15.5 Å². The van der Waals surface area contributed by atoms with E-state index in [9.17, 15) is 4.79 Å². The van der Waals surface area contributed by atoms with Crippen LogP contribution in [0.5, 0.6) is 0 Å². The van der Waals surface area contributed by atoms with E-state index >= 15 is 0 Å². The zero-order chi connectivity index (χ0) is 13.0. The minimum absolute atomic E-state index is 0.000890. The van der Waals surface area contributed by atoms with Gasteiger partial charge in [-0.2, -0.15) is 0 Å². The molecule has 0 atom stereocenters. The van der Waals surface area contributed by atoms with Gasteiger partial charge in [0.25, 0.3) is 5.91 Å². The molecule has 1 heterocycles. The Morgan fingerprint density at radius 1 is 1.33 bits per heavy atom. The van der Waals surface area contributed by atoms with Gasteiger partial charge in [0.05, 0.1) is 0 Å². The third-order valence-electron chi connectivity index (χ3n) is 3.62. The lowest BCUT2D eigenvalue weighted by Gasteiger charge is -2.41. The maximum atomic E-state index is 12.0. The number of hydrogen-bond acceptors (Lipinski definition) is 4. The lowest BCUT2D eigenvalue weighted by atomic mass is 9.75. The normalized spacial score (nSPS) is 16.8. The molecule has 1 aromatic rings. The zero-order valence-electron chi connectivity index (χ0n) is 11.0. The number of anilines is 1. The predicted octanol–water partition coefficient (Wildman–Crippen LogP) is 1.97. The van der Waals surface area contributed by atoms with Crippen molar-refractivity contribution in [3.05, 3.63) is 17.8 Å². The van der Waals surface area contributed by atoms with E-state index in [1.807, 2.05) is 6.92 Å². The van der Waals surface area contributed by atoms with Gasteiger partial charge in [-0.3, -0.25) is 4.79 Å². The zero-order valence-corrected chi connectivity index (χ0v) is 11.0. The highest BCUT2D eigenvalue weighted by atomic mass is 16.2. The highest BCUT2D eigenvalue weighted by molar-refractivity contribution is 5.92. The van der Waals surface area contributed by atoms with E-state index in [2.05, 4.69) is 27.8 Å². The Morgan fingerprint density at radius 2 is 2.11 bits per heavy atom. The topological polar surface area (TPSA) is 66.9 Å². The van der Waals surface area contributed by atoms with Gasteiger partial charge in [-0.25, -0.2) is 0 Å². The SMILES string of the molecule is CCNc1ccc(C(=O)NC2(CC)CCC2)nn1. The van der Waals surface area contributed by atoms with Crippen molar-refractivity contribution in [2.24, 2.45) is 0 Å². The molecular weight excluding hydrogens is 228 g/mol. The van der Waals surface area contributed by atoms with Crippen LogP contribution >= 0.6 is 0 Å². The van der Waals surface area contributed by atoms with Crippen LogP contribution in [0.4, 0.5) is 5.82 Å². The molecule has 0 unspecified atom stereocenters. The summed E-state index contributed by atoms with van der Waals surface area (Å²) >= 11 is 0. The standard InChI is InChI=1S/C13H20N4O/c1-3-13(8-5-9-13)15-12(18)10-6-7-11(14-4-2)17-16-10/h6-7H,3-5,8-9H2,1-2H3,(H,14,17)(H,15,18). The van der Waals surface area contributed by atoms with Gasteiger partial charge in [-0.15, -0.1) is 10.2 Å². The molecule has 1 saturated carbocycles. The van der Waals surface area contributed by atoms with E-state index in [1.165, 1.54) is 6.42 Å². The van der Waals surface area contributed by atoms with Crippen molar-refractivity contribution in [1.29, 1.82) is 0 Å². The minimum atomic E-state index is -0.118. The molecular formula is C13H20N4O. The number of carbonyl (C=O) groups is 1. The van der Waals surface area contributed by atoms with Crippen LogP contribution in [0.25, 0.3) is 0 Å². The van der Waals surface area contributed by atoms with Gasteiger partial charge in [-0.1, -0.05) is 6.92 Å². The largest absolute Gasteiger partial charge is 0.369 e. The van der Waals surface area contributed by atoms with Crippen molar-refractivity contribution in [3.63, 3.8) is 0 Å². The average molecular weight is 248 g/mol. The maximum absolute atomic E-state index is 12.0. The monoisotopic (exact) mass is 248 g/mol. The Bertz CT molecular complexity index is 406. The van der Waals surface area contributed by atoms with E-state index in [0.29, 0.717) is 11.5 Å². The van der Waals surface area contributed by atoms with Crippen LogP contribution in [-0.2, 0) is 0 Å². The molecule has 0 saturated heterocycles. The van der Waals surface area contributed by atoms with Crippen LogP contribution in [0.15, 0.2) is 12.1 Å². The third kappa shape index (κ3) is 2.60. The van der Waals surface area contributed by atoms with Gasteiger partial charge in [-0.05, 0) is 44.7 Å².